The van der Waals surface area contributed by atoms with E-state index < -0.39 is 0 Å². The number of carbonyl (C=O) groups is 2. The van der Waals surface area contributed by atoms with Crippen molar-refractivity contribution < 1.29 is 9.59 Å². The number of nitrogens with two attached hydrogens (primary N) is 2. The molecule has 0 saturated heterocycles. The van der Waals surface area contributed by atoms with Crippen LogP contribution in [0.15, 0.2) is 48.5 Å². The van der Waals surface area contributed by atoms with Gasteiger partial charge in [-0.1, -0.05) is 29.8 Å². The Morgan fingerprint density at radius 1 is 1.07 bits per heavy atom. The first kappa shape index (κ1) is 20.4. The van der Waals surface area contributed by atoms with Crippen molar-refractivity contribution in [3.8, 4) is 10.4 Å². The summed E-state index contributed by atoms with van der Waals surface area (Å²) in [5, 5.41) is 6.45. The predicted octanol–water partition coefficient (Wildman–Crippen LogP) is 4.25. The highest BCUT2D eigenvalue weighted by Crippen LogP contribution is 2.34. The normalized spacial score (nSPS) is 13.1. The molecule has 0 bridgehead atoms. The molecule has 6 N–H and O–H groups in total. The maximum absolute atomic E-state index is 12.9. The fraction of sp³-hybridized carbons (Fsp3) is 0.182. The Balaban J connectivity index is 1.57. The van der Waals surface area contributed by atoms with Crippen molar-refractivity contribution in [1.29, 1.82) is 0 Å². The summed E-state index contributed by atoms with van der Waals surface area (Å²) >= 11 is 7.24. The highest BCUT2D eigenvalue weighted by Gasteiger charge is 2.24. The van der Waals surface area contributed by atoms with Crippen LogP contribution in [0.3, 0.4) is 0 Å². The van der Waals surface area contributed by atoms with Crippen molar-refractivity contribution in [3.05, 3.63) is 69.6 Å². The van der Waals surface area contributed by atoms with E-state index in [-0.39, 0.29) is 24.4 Å². The lowest BCUT2D eigenvalue weighted by Crippen LogP contribution is -2.25. The van der Waals surface area contributed by atoms with E-state index in [2.05, 4.69) is 10.6 Å². The lowest BCUT2D eigenvalue weighted by Gasteiger charge is -2.12. The van der Waals surface area contributed by atoms with Crippen LogP contribution in [-0.4, -0.2) is 17.9 Å². The van der Waals surface area contributed by atoms with Crippen molar-refractivity contribution in [3.63, 3.8) is 0 Å². The zero-order valence-electron chi connectivity index (χ0n) is 16.1. The van der Waals surface area contributed by atoms with Gasteiger partial charge >= 0.3 is 0 Å². The summed E-state index contributed by atoms with van der Waals surface area (Å²) in [6, 6.07) is 14.5. The molecule has 1 aliphatic carbocycles. The molecule has 154 valence electrons. The molecular formula is C22H21ClN4O2S. The minimum atomic E-state index is -0.341. The molecule has 0 aliphatic heterocycles. The second kappa shape index (κ2) is 8.47. The van der Waals surface area contributed by atoms with Gasteiger partial charge in [0.25, 0.3) is 11.8 Å². The van der Waals surface area contributed by atoms with Crippen molar-refractivity contribution in [2.75, 3.05) is 11.1 Å². The number of carbonyl (C=O) groups excluding carboxylic acids is 2. The molecule has 0 spiro atoms. The Kier molecular flexibility index (Phi) is 5.76. The van der Waals surface area contributed by atoms with Gasteiger partial charge in [0.2, 0.25) is 0 Å². The average molecular weight is 441 g/mol. The number of anilines is 2. The molecule has 0 atom stereocenters. The maximum Gasteiger partial charge on any atom is 0.267 e. The highest BCUT2D eigenvalue weighted by atomic mass is 35.5. The van der Waals surface area contributed by atoms with E-state index >= 15 is 0 Å². The van der Waals surface area contributed by atoms with Crippen LogP contribution in [0.4, 0.5) is 11.4 Å². The third-order valence-corrected chi connectivity index (χ3v) is 6.30. The Labute approximate surface area is 183 Å². The molecule has 0 radical (unpaired) electrons. The topological polar surface area (TPSA) is 110 Å². The molecule has 3 aromatic rings. The molecule has 0 unspecified atom stereocenters. The predicted molar refractivity (Wildman–Crippen MR) is 122 cm³/mol. The quantitative estimate of drug-likeness (QED) is 0.459. The number of nitrogens with one attached hydrogen (secondary N) is 2. The number of hydrogen-bond donors (Lipinski definition) is 4. The third kappa shape index (κ3) is 4.48. The summed E-state index contributed by atoms with van der Waals surface area (Å²) in [6.45, 7) is 0.232. The molecule has 1 aromatic heterocycles. The molecule has 6 nitrogen and oxygen atoms in total. The van der Waals surface area contributed by atoms with Crippen LogP contribution in [0.25, 0.3) is 10.4 Å². The minimum absolute atomic E-state index is 0.155. The van der Waals surface area contributed by atoms with Gasteiger partial charge in [0.05, 0.1) is 5.69 Å². The van der Waals surface area contributed by atoms with Crippen LogP contribution in [-0.2, 0) is 6.54 Å². The van der Waals surface area contributed by atoms with E-state index in [4.69, 9.17) is 23.1 Å². The monoisotopic (exact) mass is 440 g/mol. The molecule has 2 aromatic carbocycles. The van der Waals surface area contributed by atoms with Gasteiger partial charge in [-0.05, 0) is 54.3 Å². The fourth-order valence-electron chi connectivity index (χ4n) is 3.03. The van der Waals surface area contributed by atoms with Gasteiger partial charge < -0.3 is 22.1 Å². The molecule has 1 heterocycles. The summed E-state index contributed by atoms with van der Waals surface area (Å²) in [4.78, 5) is 26.6. The van der Waals surface area contributed by atoms with E-state index in [9.17, 15) is 9.59 Å². The highest BCUT2D eigenvalue weighted by molar-refractivity contribution is 7.18. The summed E-state index contributed by atoms with van der Waals surface area (Å²) in [5.74, 6) is -0.496. The Hall–Kier alpha value is -2.87. The molecule has 30 heavy (non-hydrogen) atoms. The lowest BCUT2D eigenvalue weighted by atomic mass is 10.1. The van der Waals surface area contributed by atoms with Crippen LogP contribution in [0.1, 0.15) is 38.4 Å². The first-order valence-electron chi connectivity index (χ1n) is 9.55. The Morgan fingerprint density at radius 2 is 1.80 bits per heavy atom. The molecule has 1 saturated carbocycles. The van der Waals surface area contributed by atoms with E-state index in [0.29, 0.717) is 26.8 Å². The van der Waals surface area contributed by atoms with Gasteiger partial charge in [0.15, 0.2) is 0 Å². The number of thiophene rings is 1. The molecule has 1 fully saturated rings. The zero-order chi connectivity index (χ0) is 21.3. The first-order chi connectivity index (χ1) is 14.4. The van der Waals surface area contributed by atoms with Crippen molar-refractivity contribution >= 4 is 46.1 Å². The van der Waals surface area contributed by atoms with Gasteiger partial charge in [0.1, 0.15) is 4.88 Å². The number of rotatable bonds is 6. The zero-order valence-corrected chi connectivity index (χ0v) is 17.6. The van der Waals surface area contributed by atoms with Gasteiger partial charge in [-0.25, -0.2) is 0 Å². The largest absolute Gasteiger partial charge is 0.397 e. The molecular weight excluding hydrogens is 420 g/mol. The van der Waals surface area contributed by atoms with Crippen molar-refractivity contribution in [2.45, 2.75) is 25.4 Å². The second-order valence-electron chi connectivity index (χ2n) is 7.18. The van der Waals surface area contributed by atoms with Crippen molar-refractivity contribution in [1.82, 2.24) is 5.32 Å². The Morgan fingerprint density at radius 3 is 2.47 bits per heavy atom. The lowest BCUT2D eigenvalue weighted by molar-refractivity contribution is 0.0949. The Bertz CT molecular complexity index is 1110. The van der Waals surface area contributed by atoms with Crippen LogP contribution in [0.5, 0.6) is 0 Å². The van der Waals surface area contributed by atoms with Gasteiger partial charge in [-0.15, -0.1) is 11.3 Å². The van der Waals surface area contributed by atoms with Crippen LogP contribution in [0, 0.1) is 0 Å². The van der Waals surface area contributed by atoms with Crippen LogP contribution in [0.2, 0.25) is 5.02 Å². The summed E-state index contributed by atoms with van der Waals surface area (Å²) in [6.07, 6.45) is 2.01. The SMILES string of the molecule is NCc1ccc(C(=O)NC2CC2)cc1NC(=O)c1sc(-c2ccc(Cl)cc2)cc1N. The standard InChI is InChI=1S/C22H21ClN4O2S/c23-15-5-3-12(4-6-15)19-10-17(25)20(30-19)22(29)27-18-9-13(1-2-14(18)11-24)21(28)26-16-7-8-16/h1-6,9-10,16H,7-8,11,24-25H2,(H,26,28)(H,27,29). The van der Waals surface area contributed by atoms with Gasteiger partial charge in [-0.3, -0.25) is 9.59 Å². The summed E-state index contributed by atoms with van der Waals surface area (Å²) in [7, 11) is 0. The second-order valence-corrected chi connectivity index (χ2v) is 8.67. The van der Waals surface area contributed by atoms with E-state index in [1.165, 1.54) is 11.3 Å². The van der Waals surface area contributed by atoms with E-state index in [0.717, 1.165) is 28.8 Å². The first-order valence-corrected chi connectivity index (χ1v) is 10.7. The molecule has 1 aliphatic rings. The maximum atomic E-state index is 12.9. The van der Waals surface area contributed by atoms with E-state index in [1.54, 1.807) is 36.4 Å². The number of halogens is 1. The van der Waals surface area contributed by atoms with Gasteiger partial charge in [-0.2, -0.15) is 0 Å². The van der Waals surface area contributed by atoms with Crippen molar-refractivity contribution in [2.24, 2.45) is 5.73 Å². The van der Waals surface area contributed by atoms with Crippen LogP contribution >= 0.6 is 22.9 Å². The number of amides is 2. The molecule has 2 amide bonds. The van der Waals surface area contributed by atoms with E-state index in [1.807, 2.05) is 12.1 Å². The smallest absolute Gasteiger partial charge is 0.267 e. The average Bonchev–Trinajstić information content (AvgIpc) is 3.46. The molecule has 4 rings (SSSR count). The van der Waals surface area contributed by atoms with Gasteiger partial charge in [0, 0.05) is 33.7 Å². The number of benzene rings is 2. The third-order valence-electron chi connectivity index (χ3n) is 4.85. The molecule has 8 heteroatoms. The number of hydrogen-bond acceptors (Lipinski definition) is 5. The number of nitrogen functional groups attached to an aromatic ring is 1. The van der Waals surface area contributed by atoms with Crippen LogP contribution < -0.4 is 22.1 Å². The summed E-state index contributed by atoms with van der Waals surface area (Å²) in [5.41, 5.74) is 15.0. The fourth-order valence-corrected chi connectivity index (χ4v) is 4.13. The minimum Gasteiger partial charge on any atom is -0.397 e. The summed E-state index contributed by atoms with van der Waals surface area (Å²) < 4.78 is 0.